The summed E-state index contributed by atoms with van der Waals surface area (Å²) in [4.78, 5) is 25.8. The van der Waals surface area contributed by atoms with Crippen LogP contribution in [0.4, 0.5) is 0 Å². The van der Waals surface area contributed by atoms with Gasteiger partial charge in [0.2, 0.25) is 0 Å². The fourth-order valence-electron chi connectivity index (χ4n) is 6.20. The molecule has 3 aliphatic rings. The Hall–Kier alpha value is -2.90. The van der Waals surface area contributed by atoms with E-state index in [-0.39, 0.29) is 5.91 Å². The first kappa shape index (κ1) is 22.6. The third-order valence-corrected chi connectivity index (χ3v) is 7.91. The third-order valence-electron chi connectivity index (χ3n) is 7.91. The first-order chi connectivity index (χ1) is 17.2. The van der Waals surface area contributed by atoms with Crippen molar-refractivity contribution in [3.8, 4) is 5.75 Å². The van der Waals surface area contributed by atoms with Gasteiger partial charge in [-0.2, -0.15) is 0 Å². The van der Waals surface area contributed by atoms with E-state index in [1.54, 1.807) is 0 Å². The molecule has 3 fully saturated rings. The maximum Gasteiger partial charge on any atom is 0.254 e. The van der Waals surface area contributed by atoms with Crippen molar-refractivity contribution >= 4 is 16.9 Å². The smallest absolute Gasteiger partial charge is 0.254 e. The Morgan fingerprint density at radius 3 is 2.77 bits per heavy atom. The molecule has 35 heavy (non-hydrogen) atoms. The number of ether oxygens (including phenoxy) is 2. The molecular formula is C28H34N4O3. The van der Waals surface area contributed by atoms with Gasteiger partial charge in [-0.25, -0.2) is 4.98 Å². The van der Waals surface area contributed by atoms with E-state index in [9.17, 15) is 4.79 Å². The molecule has 0 radical (unpaired) electrons. The molecule has 7 heteroatoms. The van der Waals surface area contributed by atoms with Crippen molar-refractivity contribution in [3.63, 3.8) is 0 Å². The average Bonchev–Trinajstić information content (AvgIpc) is 3.46. The van der Waals surface area contributed by atoms with Gasteiger partial charge in [0.15, 0.2) is 0 Å². The lowest BCUT2D eigenvalue weighted by atomic mass is 9.85. The zero-order valence-corrected chi connectivity index (χ0v) is 20.2. The highest BCUT2D eigenvalue weighted by atomic mass is 16.5. The average molecular weight is 475 g/mol. The van der Waals surface area contributed by atoms with Crippen molar-refractivity contribution in [1.82, 2.24) is 19.8 Å². The van der Waals surface area contributed by atoms with E-state index in [4.69, 9.17) is 9.47 Å². The fourth-order valence-corrected chi connectivity index (χ4v) is 6.20. The molecule has 1 aromatic carbocycles. The number of aromatic nitrogens is 2. The maximum absolute atomic E-state index is 13.6. The van der Waals surface area contributed by atoms with Gasteiger partial charge < -0.3 is 19.4 Å². The monoisotopic (exact) mass is 474 g/mol. The summed E-state index contributed by atoms with van der Waals surface area (Å²) < 4.78 is 11.4. The van der Waals surface area contributed by atoms with Gasteiger partial charge in [-0.05, 0) is 73.9 Å². The number of hydrogen-bond acceptors (Lipinski definition) is 5. The maximum atomic E-state index is 13.6. The number of fused-ring (bicyclic) bond motifs is 3. The molecule has 2 bridgehead atoms. The Balaban J connectivity index is 1.07. The number of pyridine rings is 1. The third kappa shape index (κ3) is 4.93. The molecule has 5 heterocycles. The quantitative estimate of drug-likeness (QED) is 0.562. The van der Waals surface area contributed by atoms with Gasteiger partial charge in [0.1, 0.15) is 18.0 Å². The largest absolute Gasteiger partial charge is 0.492 e. The minimum Gasteiger partial charge on any atom is -0.492 e. The predicted octanol–water partition coefficient (Wildman–Crippen LogP) is 3.90. The molecule has 1 amide bonds. The topological polar surface area (TPSA) is 70.7 Å². The van der Waals surface area contributed by atoms with Crippen molar-refractivity contribution in [2.45, 2.75) is 44.2 Å². The second-order valence-electron chi connectivity index (χ2n) is 10.2. The van der Waals surface area contributed by atoms with E-state index >= 15 is 0 Å². The normalized spacial score (nSPS) is 24.7. The van der Waals surface area contributed by atoms with Crippen LogP contribution in [0, 0.1) is 5.92 Å². The van der Waals surface area contributed by atoms with Gasteiger partial charge in [0.25, 0.3) is 5.91 Å². The molecule has 3 saturated heterocycles. The standard InChI is InChI=1S/C28H34N4O3/c33-28(23-2-1-3-26(18-23)35-13-10-31-8-11-34-12-9-31)32-24-4-5-25(32)17-20(16-24)14-21-15-22-6-7-29-27(22)30-19-21/h1-3,6-7,15,18-20,24-25H,4-5,8-14,16-17H2,(H,29,30). The zero-order chi connectivity index (χ0) is 23.6. The number of aromatic amines is 1. The Morgan fingerprint density at radius 1 is 1.11 bits per heavy atom. The lowest BCUT2D eigenvalue weighted by Crippen LogP contribution is -2.46. The van der Waals surface area contributed by atoms with E-state index < -0.39 is 0 Å². The highest BCUT2D eigenvalue weighted by molar-refractivity contribution is 5.95. The molecule has 2 aromatic heterocycles. The minimum absolute atomic E-state index is 0.157. The lowest BCUT2D eigenvalue weighted by Gasteiger charge is -2.39. The fraction of sp³-hybridized carbons (Fsp3) is 0.500. The molecule has 0 aliphatic carbocycles. The van der Waals surface area contributed by atoms with Gasteiger partial charge >= 0.3 is 0 Å². The summed E-state index contributed by atoms with van der Waals surface area (Å²) in [6, 6.07) is 12.7. The van der Waals surface area contributed by atoms with Crippen LogP contribution < -0.4 is 4.74 Å². The first-order valence-electron chi connectivity index (χ1n) is 13.0. The molecule has 184 valence electrons. The highest BCUT2D eigenvalue weighted by Crippen LogP contribution is 2.41. The summed E-state index contributed by atoms with van der Waals surface area (Å²) in [5.41, 5.74) is 2.98. The summed E-state index contributed by atoms with van der Waals surface area (Å²) in [6.45, 7) is 5.00. The van der Waals surface area contributed by atoms with Gasteiger partial charge in [0.05, 0.1) is 13.2 Å². The number of rotatable bonds is 7. The highest BCUT2D eigenvalue weighted by Gasteiger charge is 2.43. The van der Waals surface area contributed by atoms with Gasteiger partial charge in [0, 0.05) is 55.1 Å². The van der Waals surface area contributed by atoms with Crippen LogP contribution in [0.25, 0.3) is 11.0 Å². The SMILES string of the molecule is O=C(c1cccc(OCCN2CCOCC2)c1)N1C2CCC1CC(Cc1cnc3[nH]ccc3c1)C2. The second-order valence-corrected chi connectivity index (χ2v) is 10.2. The zero-order valence-electron chi connectivity index (χ0n) is 20.2. The minimum atomic E-state index is 0.157. The molecule has 0 spiro atoms. The van der Waals surface area contributed by atoms with Gasteiger partial charge in [-0.1, -0.05) is 6.07 Å². The van der Waals surface area contributed by atoms with Crippen LogP contribution in [0.2, 0.25) is 0 Å². The first-order valence-corrected chi connectivity index (χ1v) is 13.0. The Morgan fingerprint density at radius 2 is 1.94 bits per heavy atom. The Bertz CT molecular complexity index is 1160. The number of carbonyl (C=O) groups excluding carboxylic acids is 1. The lowest BCUT2D eigenvalue weighted by molar-refractivity contribution is 0.0322. The summed E-state index contributed by atoms with van der Waals surface area (Å²) in [5.74, 6) is 1.54. The molecule has 6 rings (SSSR count). The number of H-pyrrole nitrogens is 1. The molecule has 7 nitrogen and oxygen atoms in total. The van der Waals surface area contributed by atoms with Crippen molar-refractivity contribution in [2.24, 2.45) is 5.92 Å². The number of benzene rings is 1. The van der Waals surface area contributed by atoms with Crippen LogP contribution in [0.3, 0.4) is 0 Å². The number of amides is 1. The molecule has 1 N–H and O–H groups in total. The molecular weight excluding hydrogens is 440 g/mol. The van der Waals surface area contributed by atoms with Crippen LogP contribution in [-0.4, -0.2) is 77.2 Å². The van der Waals surface area contributed by atoms with E-state index in [2.05, 4.69) is 31.9 Å². The van der Waals surface area contributed by atoms with Crippen LogP contribution in [0.15, 0.2) is 48.8 Å². The number of carbonyl (C=O) groups is 1. The number of morpholine rings is 1. The predicted molar refractivity (Wildman–Crippen MR) is 135 cm³/mol. The van der Waals surface area contributed by atoms with Gasteiger partial charge in [-0.3, -0.25) is 9.69 Å². The molecule has 3 aromatic rings. The second kappa shape index (κ2) is 9.99. The van der Waals surface area contributed by atoms with Crippen molar-refractivity contribution in [3.05, 3.63) is 59.9 Å². The van der Waals surface area contributed by atoms with Crippen molar-refractivity contribution < 1.29 is 14.3 Å². The summed E-state index contributed by atoms with van der Waals surface area (Å²) >= 11 is 0. The van der Waals surface area contributed by atoms with E-state index in [1.807, 2.05) is 36.7 Å². The van der Waals surface area contributed by atoms with Crippen molar-refractivity contribution in [2.75, 3.05) is 39.5 Å². The number of nitrogens with one attached hydrogen (secondary N) is 1. The summed E-state index contributed by atoms with van der Waals surface area (Å²) in [5, 5.41) is 1.17. The van der Waals surface area contributed by atoms with Crippen LogP contribution in [0.1, 0.15) is 41.6 Å². The number of piperidine rings is 1. The Kier molecular flexibility index (Phi) is 6.44. The summed E-state index contributed by atoms with van der Waals surface area (Å²) in [6.07, 6.45) is 9.34. The van der Waals surface area contributed by atoms with Crippen LogP contribution >= 0.6 is 0 Å². The van der Waals surface area contributed by atoms with E-state index in [0.717, 1.165) is 81.9 Å². The van der Waals surface area contributed by atoms with E-state index in [0.29, 0.717) is 24.6 Å². The van der Waals surface area contributed by atoms with Crippen molar-refractivity contribution in [1.29, 1.82) is 0 Å². The molecule has 0 saturated carbocycles. The Labute approximate surface area is 206 Å². The van der Waals surface area contributed by atoms with Gasteiger partial charge in [-0.15, -0.1) is 0 Å². The number of nitrogens with zero attached hydrogens (tertiary/aromatic N) is 3. The van der Waals surface area contributed by atoms with Crippen LogP contribution in [-0.2, 0) is 11.2 Å². The summed E-state index contributed by atoms with van der Waals surface area (Å²) in [7, 11) is 0. The number of hydrogen-bond donors (Lipinski definition) is 1. The molecule has 3 aliphatic heterocycles. The molecule has 2 unspecified atom stereocenters. The van der Waals surface area contributed by atoms with Crippen LogP contribution in [0.5, 0.6) is 5.75 Å². The van der Waals surface area contributed by atoms with E-state index in [1.165, 1.54) is 10.9 Å². The molecule has 2 atom stereocenters.